The lowest BCUT2D eigenvalue weighted by atomic mass is 10.1. The molecule has 1 aromatic rings. The summed E-state index contributed by atoms with van der Waals surface area (Å²) in [5.74, 6) is 0.146. The second-order valence-electron chi connectivity index (χ2n) is 4.12. The third kappa shape index (κ3) is 4.22. The number of anilines is 1. The Kier molecular flexibility index (Phi) is 4.34. The van der Waals surface area contributed by atoms with E-state index >= 15 is 0 Å². The molecule has 17 heavy (non-hydrogen) atoms. The van der Waals surface area contributed by atoms with Gasteiger partial charge in [0, 0.05) is 12.7 Å². The van der Waals surface area contributed by atoms with Crippen LogP contribution in [0, 0.1) is 5.92 Å². The van der Waals surface area contributed by atoms with E-state index in [0.717, 1.165) is 18.3 Å². The summed E-state index contributed by atoms with van der Waals surface area (Å²) in [6, 6.07) is 1.83. The van der Waals surface area contributed by atoms with E-state index in [4.69, 9.17) is 0 Å². The summed E-state index contributed by atoms with van der Waals surface area (Å²) in [6.45, 7) is 3.82. The standard InChI is InChI=1S/C11H15F3N2O/c1-7(2)9(17)6-16-10-5-8(3-4-15-10)11(12,13)14/h3-5,7,9,17H,6H2,1-2H3,(H,15,16). The number of aliphatic hydroxyl groups excluding tert-OH is 1. The molecular weight excluding hydrogens is 233 g/mol. The zero-order valence-electron chi connectivity index (χ0n) is 9.62. The van der Waals surface area contributed by atoms with Crippen LogP contribution in [0.2, 0.25) is 0 Å². The lowest BCUT2D eigenvalue weighted by Crippen LogP contribution is -2.25. The van der Waals surface area contributed by atoms with Crippen molar-refractivity contribution in [3.8, 4) is 0 Å². The van der Waals surface area contributed by atoms with E-state index in [2.05, 4.69) is 10.3 Å². The molecule has 6 heteroatoms. The van der Waals surface area contributed by atoms with Crippen molar-refractivity contribution in [3.05, 3.63) is 23.9 Å². The molecule has 1 atom stereocenters. The van der Waals surface area contributed by atoms with Gasteiger partial charge in [-0.1, -0.05) is 13.8 Å². The Morgan fingerprint density at radius 2 is 2.06 bits per heavy atom. The highest BCUT2D eigenvalue weighted by Crippen LogP contribution is 2.29. The quantitative estimate of drug-likeness (QED) is 0.860. The third-order valence-corrected chi connectivity index (χ3v) is 2.35. The molecule has 0 aliphatic rings. The van der Waals surface area contributed by atoms with E-state index in [1.807, 2.05) is 13.8 Å². The van der Waals surface area contributed by atoms with E-state index in [1.165, 1.54) is 0 Å². The van der Waals surface area contributed by atoms with Crippen molar-refractivity contribution in [3.63, 3.8) is 0 Å². The average molecular weight is 248 g/mol. The third-order valence-electron chi connectivity index (χ3n) is 2.35. The number of rotatable bonds is 4. The SMILES string of the molecule is CC(C)C(O)CNc1cc(C(F)(F)F)ccn1. The lowest BCUT2D eigenvalue weighted by molar-refractivity contribution is -0.137. The molecule has 0 amide bonds. The fourth-order valence-electron chi connectivity index (χ4n) is 1.15. The predicted octanol–water partition coefficient (Wildman–Crippen LogP) is 2.53. The Bertz CT molecular complexity index is 366. The molecule has 0 saturated heterocycles. The smallest absolute Gasteiger partial charge is 0.391 e. The first kappa shape index (κ1) is 13.8. The molecule has 0 radical (unpaired) electrons. The minimum atomic E-state index is -4.38. The number of aromatic nitrogens is 1. The van der Waals surface area contributed by atoms with Crippen LogP contribution in [0.1, 0.15) is 19.4 Å². The van der Waals surface area contributed by atoms with Crippen LogP contribution in [0.25, 0.3) is 0 Å². The van der Waals surface area contributed by atoms with Crippen molar-refractivity contribution in [1.29, 1.82) is 0 Å². The van der Waals surface area contributed by atoms with Gasteiger partial charge in [-0.15, -0.1) is 0 Å². The number of nitrogens with one attached hydrogen (secondary N) is 1. The van der Waals surface area contributed by atoms with Crippen molar-refractivity contribution >= 4 is 5.82 Å². The summed E-state index contributed by atoms with van der Waals surface area (Å²) in [7, 11) is 0. The molecule has 96 valence electrons. The van der Waals surface area contributed by atoms with Gasteiger partial charge in [-0.25, -0.2) is 4.98 Å². The fourth-order valence-corrected chi connectivity index (χ4v) is 1.15. The fraction of sp³-hybridized carbons (Fsp3) is 0.545. The molecule has 0 bridgehead atoms. The maximum Gasteiger partial charge on any atom is 0.416 e. The number of hydrogen-bond acceptors (Lipinski definition) is 3. The van der Waals surface area contributed by atoms with Gasteiger partial charge < -0.3 is 10.4 Å². The Balaban J connectivity index is 2.67. The van der Waals surface area contributed by atoms with Gasteiger partial charge in [0.25, 0.3) is 0 Å². The van der Waals surface area contributed by atoms with Crippen LogP contribution in [-0.4, -0.2) is 22.7 Å². The predicted molar refractivity (Wildman–Crippen MR) is 58.6 cm³/mol. The molecule has 0 saturated carbocycles. The summed E-state index contributed by atoms with van der Waals surface area (Å²) in [5.41, 5.74) is -0.756. The second kappa shape index (κ2) is 5.35. The monoisotopic (exact) mass is 248 g/mol. The molecule has 1 rings (SSSR count). The molecule has 0 aliphatic heterocycles. The highest BCUT2D eigenvalue weighted by molar-refractivity contribution is 5.38. The number of hydrogen-bond donors (Lipinski definition) is 2. The number of aliphatic hydroxyl groups is 1. The largest absolute Gasteiger partial charge is 0.416 e. The number of nitrogens with zero attached hydrogens (tertiary/aromatic N) is 1. The van der Waals surface area contributed by atoms with Gasteiger partial charge in [-0.2, -0.15) is 13.2 Å². The van der Waals surface area contributed by atoms with Gasteiger partial charge in [0.2, 0.25) is 0 Å². The Labute approximate surface area is 97.7 Å². The van der Waals surface area contributed by atoms with Crippen molar-refractivity contribution in [2.24, 2.45) is 5.92 Å². The van der Waals surface area contributed by atoms with E-state index in [-0.39, 0.29) is 18.3 Å². The van der Waals surface area contributed by atoms with Crippen molar-refractivity contribution in [1.82, 2.24) is 4.98 Å². The van der Waals surface area contributed by atoms with E-state index in [9.17, 15) is 18.3 Å². The number of alkyl halides is 3. The number of halogens is 3. The van der Waals surface area contributed by atoms with E-state index in [0.29, 0.717) is 0 Å². The Hall–Kier alpha value is -1.30. The summed E-state index contributed by atoms with van der Waals surface area (Å²) in [6.07, 6.45) is -3.91. The zero-order valence-corrected chi connectivity index (χ0v) is 9.62. The van der Waals surface area contributed by atoms with Gasteiger partial charge in [-0.3, -0.25) is 0 Å². The normalized spacial score (nSPS) is 13.8. The molecule has 0 fully saturated rings. The summed E-state index contributed by atoms with van der Waals surface area (Å²) >= 11 is 0. The minimum absolute atomic E-state index is 0.0355. The lowest BCUT2D eigenvalue weighted by Gasteiger charge is -2.16. The number of pyridine rings is 1. The minimum Gasteiger partial charge on any atom is -0.391 e. The average Bonchev–Trinajstić information content (AvgIpc) is 2.25. The first-order valence-corrected chi connectivity index (χ1v) is 5.26. The van der Waals surface area contributed by atoms with Crippen LogP contribution in [0.3, 0.4) is 0 Å². The molecule has 0 aliphatic carbocycles. The molecule has 1 aromatic heterocycles. The van der Waals surface area contributed by atoms with Gasteiger partial charge in [0.1, 0.15) is 5.82 Å². The van der Waals surface area contributed by atoms with Crippen LogP contribution in [0.5, 0.6) is 0 Å². The maximum absolute atomic E-state index is 12.4. The van der Waals surface area contributed by atoms with Crippen LogP contribution in [-0.2, 0) is 6.18 Å². The van der Waals surface area contributed by atoms with Crippen LogP contribution in [0.4, 0.5) is 19.0 Å². The van der Waals surface area contributed by atoms with Crippen molar-refractivity contribution < 1.29 is 18.3 Å². The molecule has 1 unspecified atom stereocenters. The van der Waals surface area contributed by atoms with Crippen molar-refractivity contribution in [2.45, 2.75) is 26.1 Å². The van der Waals surface area contributed by atoms with Crippen molar-refractivity contribution in [2.75, 3.05) is 11.9 Å². The molecule has 2 N–H and O–H groups in total. The van der Waals surface area contributed by atoms with Crippen LogP contribution < -0.4 is 5.32 Å². The maximum atomic E-state index is 12.4. The summed E-state index contributed by atoms with van der Waals surface area (Å²) in [5, 5.41) is 12.2. The Morgan fingerprint density at radius 1 is 1.41 bits per heavy atom. The summed E-state index contributed by atoms with van der Waals surface area (Å²) < 4.78 is 37.2. The Morgan fingerprint density at radius 3 is 2.59 bits per heavy atom. The van der Waals surface area contributed by atoms with Gasteiger partial charge in [0.05, 0.1) is 11.7 Å². The first-order valence-electron chi connectivity index (χ1n) is 5.26. The van der Waals surface area contributed by atoms with Crippen LogP contribution in [0.15, 0.2) is 18.3 Å². The van der Waals surface area contributed by atoms with E-state index < -0.39 is 17.8 Å². The van der Waals surface area contributed by atoms with Gasteiger partial charge in [-0.05, 0) is 18.1 Å². The van der Waals surface area contributed by atoms with Crippen LogP contribution >= 0.6 is 0 Å². The second-order valence-corrected chi connectivity index (χ2v) is 4.12. The van der Waals surface area contributed by atoms with E-state index in [1.54, 1.807) is 0 Å². The molecule has 3 nitrogen and oxygen atoms in total. The molecular formula is C11H15F3N2O. The molecule has 0 aromatic carbocycles. The topological polar surface area (TPSA) is 45.1 Å². The van der Waals surface area contributed by atoms with Gasteiger partial charge in [0.15, 0.2) is 0 Å². The molecule has 1 heterocycles. The first-order chi connectivity index (χ1) is 7.80. The summed E-state index contributed by atoms with van der Waals surface area (Å²) in [4.78, 5) is 3.76. The molecule has 0 spiro atoms. The highest BCUT2D eigenvalue weighted by atomic mass is 19.4. The zero-order chi connectivity index (χ0) is 13.1. The highest BCUT2D eigenvalue weighted by Gasteiger charge is 2.30. The van der Waals surface area contributed by atoms with Gasteiger partial charge >= 0.3 is 6.18 Å².